The Bertz CT molecular complexity index is 1410. The van der Waals surface area contributed by atoms with Gasteiger partial charge in [-0.05, 0) is 89.3 Å². The zero-order valence-electron chi connectivity index (χ0n) is 22.8. The lowest BCUT2D eigenvalue weighted by molar-refractivity contribution is -0.159. The lowest BCUT2D eigenvalue weighted by Crippen LogP contribution is -2.54. The molecule has 1 amide bonds. The highest BCUT2D eigenvalue weighted by Gasteiger charge is 2.55. The molecule has 1 aromatic carbocycles. The molecule has 3 aromatic rings. The fourth-order valence-corrected chi connectivity index (χ4v) is 5.00. The number of aryl methyl sites for hydroxylation is 1. The Balaban J connectivity index is 2.09. The summed E-state index contributed by atoms with van der Waals surface area (Å²) in [4.78, 5) is 32.0. The molecule has 3 heterocycles. The molecular formula is C28H31FIN3O6. The molecule has 208 valence electrons. The Morgan fingerprint density at radius 2 is 1.72 bits per heavy atom. The van der Waals surface area contributed by atoms with Gasteiger partial charge in [0.05, 0.1) is 23.2 Å². The summed E-state index contributed by atoms with van der Waals surface area (Å²) in [5.41, 5.74) is -3.49. The monoisotopic (exact) mass is 651 g/mol. The smallest absolute Gasteiger partial charge is 0.413 e. The predicted molar refractivity (Wildman–Crippen MR) is 148 cm³/mol. The third-order valence-electron chi connectivity index (χ3n) is 5.99. The SMILES string of the molecule is Cc1noc2c1-c1ccnc(F)c1C(O)(c1ccc(I)cc1)N(C(=O)OC(C)(C)C)[C@H]2CC(=O)OC(C)(C)C. The van der Waals surface area contributed by atoms with Crippen LogP contribution in [0.25, 0.3) is 11.1 Å². The van der Waals surface area contributed by atoms with Gasteiger partial charge in [0.15, 0.2) is 5.76 Å². The molecule has 0 radical (unpaired) electrons. The van der Waals surface area contributed by atoms with Crippen LogP contribution in [0.3, 0.4) is 0 Å². The molecule has 9 nitrogen and oxygen atoms in total. The number of halogens is 2. The summed E-state index contributed by atoms with van der Waals surface area (Å²) in [6, 6.07) is 6.82. The second kappa shape index (κ2) is 10.2. The Kier molecular flexibility index (Phi) is 7.54. The molecule has 4 rings (SSSR count). The molecule has 1 aliphatic rings. The summed E-state index contributed by atoms with van der Waals surface area (Å²) in [6.45, 7) is 11.8. The van der Waals surface area contributed by atoms with Crippen molar-refractivity contribution in [1.82, 2.24) is 15.0 Å². The number of amides is 1. The Hall–Kier alpha value is -3.06. The topological polar surface area (TPSA) is 115 Å². The van der Waals surface area contributed by atoms with Crippen LogP contribution in [-0.4, -0.2) is 43.4 Å². The number of ether oxygens (including phenoxy) is 2. The molecule has 1 unspecified atom stereocenters. The molecule has 2 aromatic heterocycles. The van der Waals surface area contributed by atoms with E-state index in [-0.39, 0.29) is 22.5 Å². The van der Waals surface area contributed by atoms with Crippen LogP contribution in [0.4, 0.5) is 9.18 Å². The van der Waals surface area contributed by atoms with Gasteiger partial charge < -0.3 is 19.1 Å². The molecular weight excluding hydrogens is 620 g/mol. The number of aromatic nitrogens is 2. The number of aliphatic hydroxyl groups is 1. The summed E-state index contributed by atoms with van der Waals surface area (Å²) in [5.74, 6) is -1.60. The van der Waals surface area contributed by atoms with E-state index in [1.807, 2.05) is 0 Å². The Morgan fingerprint density at radius 1 is 1.10 bits per heavy atom. The van der Waals surface area contributed by atoms with Gasteiger partial charge in [-0.1, -0.05) is 17.3 Å². The largest absolute Gasteiger partial charge is 0.460 e. The van der Waals surface area contributed by atoms with Crippen molar-refractivity contribution in [3.8, 4) is 11.1 Å². The Labute approximate surface area is 239 Å². The van der Waals surface area contributed by atoms with Gasteiger partial charge in [0.25, 0.3) is 0 Å². The zero-order chi connectivity index (χ0) is 28.9. The summed E-state index contributed by atoms with van der Waals surface area (Å²) in [6.07, 6.45) is -0.188. The van der Waals surface area contributed by atoms with E-state index in [0.29, 0.717) is 11.3 Å². The van der Waals surface area contributed by atoms with E-state index in [1.165, 1.54) is 12.3 Å². The number of rotatable bonds is 3. The lowest BCUT2D eigenvalue weighted by Gasteiger charge is -2.43. The minimum absolute atomic E-state index is 0.0810. The van der Waals surface area contributed by atoms with Gasteiger partial charge in [0, 0.05) is 20.9 Å². The van der Waals surface area contributed by atoms with Crippen LogP contribution >= 0.6 is 22.6 Å². The van der Waals surface area contributed by atoms with Crippen molar-refractivity contribution in [3.05, 3.63) is 68.6 Å². The third-order valence-corrected chi connectivity index (χ3v) is 6.71. The number of fused-ring (bicyclic) bond motifs is 3. The first-order valence-corrected chi connectivity index (χ1v) is 13.4. The van der Waals surface area contributed by atoms with Crippen LogP contribution in [0.1, 0.15) is 76.6 Å². The highest BCUT2D eigenvalue weighted by Crippen LogP contribution is 2.51. The quantitative estimate of drug-likeness (QED) is 0.208. The normalized spacial score (nSPS) is 19.1. The van der Waals surface area contributed by atoms with Crippen molar-refractivity contribution in [2.24, 2.45) is 0 Å². The van der Waals surface area contributed by atoms with Crippen LogP contribution in [0.5, 0.6) is 0 Å². The van der Waals surface area contributed by atoms with Crippen molar-refractivity contribution >= 4 is 34.7 Å². The molecule has 0 spiro atoms. The van der Waals surface area contributed by atoms with E-state index in [1.54, 1.807) is 72.7 Å². The number of esters is 1. The summed E-state index contributed by atoms with van der Waals surface area (Å²) >= 11 is 2.10. The van der Waals surface area contributed by atoms with Crippen LogP contribution in [0, 0.1) is 16.4 Å². The van der Waals surface area contributed by atoms with Gasteiger partial charge in [-0.25, -0.2) is 9.78 Å². The van der Waals surface area contributed by atoms with E-state index in [9.17, 15) is 14.7 Å². The number of pyridine rings is 1. The molecule has 11 heteroatoms. The fraction of sp³-hybridized carbons (Fsp3) is 0.429. The molecule has 0 saturated heterocycles. The van der Waals surface area contributed by atoms with E-state index in [4.69, 9.17) is 14.0 Å². The van der Waals surface area contributed by atoms with Crippen molar-refractivity contribution in [2.75, 3.05) is 0 Å². The van der Waals surface area contributed by atoms with Crippen molar-refractivity contribution < 1.29 is 33.1 Å². The van der Waals surface area contributed by atoms with Crippen molar-refractivity contribution in [2.45, 2.75) is 77.9 Å². The van der Waals surface area contributed by atoms with Gasteiger partial charge in [-0.3, -0.25) is 9.69 Å². The van der Waals surface area contributed by atoms with E-state index in [2.05, 4.69) is 32.7 Å². The number of carbonyl (C=O) groups excluding carboxylic acids is 2. The van der Waals surface area contributed by atoms with E-state index < -0.39 is 47.4 Å². The lowest BCUT2D eigenvalue weighted by atomic mass is 9.89. The number of nitrogens with zero attached hydrogens (tertiary/aromatic N) is 3. The van der Waals surface area contributed by atoms with Crippen LogP contribution < -0.4 is 0 Å². The predicted octanol–water partition coefficient (Wildman–Crippen LogP) is 6.01. The van der Waals surface area contributed by atoms with Crippen LogP contribution in [0.2, 0.25) is 0 Å². The minimum atomic E-state index is -2.47. The highest BCUT2D eigenvalue weighted by molar-refractivity contribution is 14.1. The molecule has 1 aliphatic heterocycles. The maximum atomic E-state index is 15.8. The number of benzene rings is 1. The molecule has 0 aliphatic carbocycles. The maximum absolute atomic E-state index is 15.8. The molecule has 39 heavy (non-hydrogen) atoms. The Morgan fingerprint density at radius 3 is 2.31 bits per heavy atom. The van der Waals surface area contributed by atoms with Gasteiger partial charge in [0.1, 0.15) is 17.2 Å². The van der Waals surface area contributed by atoms with Gasteiger partial charge >= 0.3 is 12.1 Å². The molecule has 2 atom stereocenters. The zero-order valence-corrected chi connectivity index (χ0v) is 25.0. The average Bonchev–Trinajstić information content (AvgIpc) is 3.13. The minimum Gasteiger partial charge on any atom is -0.460 e. The maximum Gasteiger partial charge on any atom is 0.413 e. The first-order chi connectivity index (χ1) is 18.0. The summed E-state index contributed by atoms with van der Waals surface area (Å²) in [5, 5.41) is 16.8. The molecule has 1 N–H and O–H groups in total. The molecule has 0 bridgehead atoms. The van der Waals surface area contributed by atoms with E-state index >= 15 is 4.39 Å². The van der Waals surface area contributed by atoms with E-state index in [0.717, 1.165) is 8.47 Å². The fourth-order valence-electron chi connectivity index (χ4n) is 4.64. The summed E-state index contributed by atoms with van der Waals surface area (Å²) in [7, 11) is 0. The standard InChI is InChI=1S/C28H31FIN3O6/c1-15-21-18-12-13-31-24(29)22(18)28(36,16-8-10-17(30)11-9-16)33(25(35)38-27(5,6)7)19(23(21)39-32-15)14-20(34)37-26(2,3)4/h8-13,19,36H,14H2,1-7H3/t19-,28?/m0/s1. The van der Waals surface area contributed by atoms with Gasteiger partial charge in [-0.2, -0.15) is 4.39 Å². The van der Waals surface area contributed by atoms with Crippen molar-refractivity contribution in [3.63, 3.8) is 0 Å². The first-order valence-electron chi connectivity index (χ1n) is 12.4. The number of hydrogen-bond acceptors (Lipinski definition) is 8. The second-order valence-electron chi connectivity index (χ2n) is 11.4. The van der Waals surface area contributed by atoms with Crippen LogP contribution in [-0.2, 0) is 20.0 Å². The molecule has 0 fully saturated rings. The second-order valence-corrected chi connectivity index (χ2v) is 12.6. The average molecular weight is 651 g/mol. The molecule has 0 saturated carbocycles. The number of hydrogen-bond donors (Lipinski definition) is 1. The third kappa shape index (κ3) is 5.65. The van der Waals surface area contributed by atoms with Gasteiger partial charge in [-0.15, -0.1) is 0 Å². The number of carbonyl (C=O) groups is 2. The van der Waals surface area contributed by atoms with Crippen molar-refractivity contribution in [1.29, 1.82) is 0 Å². The van der Waals surface area contributed by atoms with Crippen LogP contribution in [0.15, 0.2) is 41.1 Å². The highest BCUT2D eigenvalue weighted by atomic mass is 127. The summed E-state index contributed by atoms with van der Waals surface area (Å²) < 4.78 is 33.7. The first kappa shape index (κ1) is 28.9. The van der Waals surface area contributed by atoms with Gasteiger partial charge in [0.2, 0.25) is 11.7 Å².